The van der Waals surface area contributed by atoms with Crippen molar-refractivity contribution in [3.8, 4) is 0 Å². The minimum Gasteiger partial charge on any atom is -0.393 e. The van der Waals surface area contributed by atoms with Gasteiger partial charge in [0.15, 0.2) is 5.78 Å². The van der Waals surface area contributed by atoms with Gasteiger partial charge in [0.1, 0.15) is 11.9 Å². The molecule has 0 aliphatic heterocycles. The average Bonchev–Trinajstić information content (AvgIpc) is 2.94. The molecule has 3 fully saturated rings. The van der Waals surface area contributed by atoms with Crippen molar-refractivity contribution in [2.75, 3.05) is 0 Å². The lowest BCUT2D eigenvalue weighted by Crippen LogP contribution is -2.66. The second kappa shape index (κ2) is 8.10. The van der Waals surface area contributed by atoms with Crippen LogP contribution in [0.15, 0.2) is 23.3 Å². The number of Topliss-reactive ketones (excluding diaryl/α,β-unsaturated/α-hetero) is 2. The summed E-state index contributed by atoms with van der Waals surface area (Å²) in [6.45, 7) is 16.0. The second-order valence-electron chi connectivity index (χ2n) is 13.8. The third-order valence-corrected chi connectivity index (χ3v) is 11.5. The Balaban J connectivity index is 1.78. The summed E-state index contributed by atoms with van der Waals surface area (Å²) in [4.78, 5) is 27.0. The maximum atomic E-state index is 14.2. The highest BCUT2D eigenvalue weighted by Gasteiger charge is 2.74. The summed E-state index contributed by atoms with van der Waals surface area (Å²) < 4.78 is 0. The fraction of sp³-hybridized carbons (Fsp3) is 0.800. The molecule has 4 aliphatic carbocycles. The van der Waals surface area contributed by atoms with Crippen molar-refractivity contribution < 1.29 is 24.9 Å². The molecule has 35 heavy (non-hydrogen) atoms. The molecule has 5 nitrogen and oxygen atoms in total. The first kappa shape index (κ1) is 26.8. The van der Waals surface area contributed by atoms with Crippen LogP contribution >= 0.6 is 0 Å². The topological polar surface area (TPSA) is 94.8 Å². The van der Waals surface area contributed by atoms with E-state index in [0.717, 1.165) is 12.0 Å². The number of ketones is 2. The van der Waals surface area contributed by atoms with Crippen LogP contribution in [0.5, 0.6) is 0 Å². The maximum absolute atomic E-state index is 14.2. The molecule has 3 N–H and O–H groups in total. The van der Waals surface area contributed by atoms with Crippen molar-refractivity contribution in [3.05, 3.63) is 23.3 Å². The zero-order valence-electron chi connectivity index (χ0n) is 22.9. The number of hydrogen-bond acceptors (Lipinski definition) is 5. The Morgan fingerprint density at radius 2 is 1.74 bits per heavy atom. The van der Waals surface area contributed by atoms with Gasteiger partial charge >= 0.3 is 0 Å². The van der Waals surface area contributed by atoms with E-state index in [1.54, 1.807) is 0 Å². The molecule has 5 heteroatoms. The molecule has 0 spiro atoms. The molecule has 0 heterocycles. The predicted octanol–water partition coefficient (Wildman–Crippen LogP) is 4.78. The number of hydrogen-bond donors (Lipinski definition) is 3. The Bertz CT molecular complexity index is 985. The molecule has 0 radical (unpaired) electrons. The number of aliphatic hydroxyl groups is 3. The van der Waals surface area contributed by atoms with E-state index in [4.69, 9.17) is 0 Å². The third kappa shape index (κ3) is 3.44. The highest BCUT2D eigenvalue weighted by atomic mass is 16.3. The fourth-order valence-electron chi connectivity index (χ4n) is 9.13. The van der Waals surface area contributed by atoms with E-state index in [-0.39, 0.29) is 35.7 Å². The fourth-order valence-corrected chi connectivity index (χ4v) is 9.13. The van der Waals surface area contributed by atoms with E-state index >= 15 is 0 Å². The van der Waals surface area contributed by atoms with Gasteiger partial charge < -0.3 is 15.3 Å². The molecule has 0 saturated heterocycles. The number of carbonyl (C=O) groups excluding carboxylic acids is 2. The minimum absolute atomic E-state index is 0.125. The van der Waals surface area contributed by atoms with Crippen molar-refractivity contribution in [3.63, 3.8) is 0 Å². The van der Waals surface area contributed by atoms with Gasteiger partial charge in [-0.15, -0.1) is 0 Å². The summed E-state index contributed by atoms with van der Waals surface area (Å²) in [6.07, 6.45) is 5.57. The lowest BCUT2D eigenvalue weighted by atomic mass is 9.38. The van der Waals surface area contributed by atoms with E-state index in [1.165, 1.54) is 5.57 Å². The Morgan fingerprint density at radius 1 is 1.11 bits per heavy atom. The van der Waals surface area contributed by atoms with Crippen LogP contribution in [-0.4, -0.2) is 44.7 Å². The Morgan fingerprint density at radius 3 is 2.34 bits per heavy atom. The molecule has 4 rings (SSSR count). The van der Waals surface area contributed by atoms with E-state index < -0.39 is 39.5 Å². The van der Waals surface area contributed by atoms with Gasteiger partial charge in [-0.25, -0.2) is 0 Å². The minimum atomic E-state index is -1.08. The van der Waals surface area contributed by atoms with E-state index in [9.17, 15) is 24.9 Å². The maximum Gasteiger partial charge on any atom is 0.170 e. The van der Waals surface area contributed by atoms with Gasteiger partial charge in [-0.1, -0.05) is 44.1 Å². The lowest BCUT2D eigenvalue weighted by Gasteiger charge is -2.65. The number of allylic oxidation sites excluding steroid dienone is 4. The summed E-state index contributed by atoms with van der Waals surface area (Å²) in [5, 5.41) is 34.1. The van der Waals surface area contributed by atoms with Crippen molar-refractivity contribution in [1.29, 1.82) is 0 Å². The Labute approximate surface area is 211 Å². The smallest absolute Gasteiger partial charge is 0.170 e. The summed E-state index contributed by atoms with van der Waals surface area (Å²) in [5.74, 6) is -0.569. The number of carbonyl (C=O) groups is 2. The molecule has 0 bridgehead atoms. The van der Waals surface area contributed by atoms with Gasteiger partial charge in [0.2, 0.25) is 0 Å². The van der Waals surface area contributed by atoms with Crippen LogP contribution in [0.3, 0.4) is 0 Å². The normalized spacial score (nSPS) is 46.1. The monoisotopic (exact) mass is 486 g/mol. The first-order chi connectivity index (χ1) is 16.0. The van der Waals surface area contributed by atoms with Gasteiger partial charge in [-0.2, -0.15) is 0 Å². The van der Waals surface area contributed by atoms with E-state index in [2.05, 4.69) is 39.8 Å². The van der Waals surface area contributed by atoms with Crippen molar-refractivity contribution in [2.24, 2.45) is 39.4 Å². The second-order valence-corrected chi connectivity index (χ2v) is 13.8. The first-order valence-electron chi connectivity index (χ1n) is 13.5. The van der Waals surface area contributed by atoms with E-state index in [1.807, 2.05) is 27.7 Å². The molecule has 196 valence electrons. The number of fused-ring (bicyclic) bond motifs is 5. The van der Waals surface area contributed by atoms with E-state index in [0.29, 0.717) is 25.7 Å². The number of aliphatic hydroxyl groups excluding tert-OH is 2. The SMILES string of the molecule is CC(C)=CCC[C@](C)(O)[C@H]1CC(O)[C@@]2(C)[C@@H]3CC=C4[C@@H](C[C@H](O)C(=O)C4(C)C)[C@]3(C)C(=O)C[C@]12C. The van der Waals surface area contributed by atoms with Crippen LogP contribution in [-0.2, 0) is 9.59 Å². The summed E-state index contributed by atoms with van der Waals surface area (Å²) in [6, 6.07) is 0. The van der Waals surface area contributed by atoms with Gasteiger partial charge in [-0.3, -0.25) is 9.59 Å². The van der Waals surface area contributed by atoms with Crippen LogP contribution in [0.2, 0.25) is 0 Å². The largest absolute Gasteiger partial charge is 0.393 e. The molecule has 0 aromatic heterocycles. The van der Waals surface area contributed by atoms with Crippen LogP contribution in [0.4, 0.5) is 0 Å². The standard InChI is InChI=1S/C30H46O5/c1-17(2)10-9-13-28(6,35)22-15-23(32)30(8)21-12-11-18-19(14-20(31)25(34)26(18,3)4)29(21,7)24(33)16-27(22,30)5/h10-11,19-23,31-32,35H,9,12-16H2,1-8H3/t19-,20+,21-,22+,23?,27-,28+,29+,30-/m1/s1. The van der Waals surface area contributed by atoms with Crippen LogP contribution < -0.4 is 0 Å². The Kier molecular flexibility index (Phi) is 6.19. The zero-order chi connectivity index (χ0) is 26.4. The molecule has 0 aromatic rings. The highest BCUT2D eigenvalue weighted by Crippen LogP contribution is 2.74. The summed E-state index contributed by atoms with van der Waals surface area (Å²) >= 11 is 0. The van der Waals surface area contributed by atoms with Crippen LogP contribution in [0.1, 0.15) is 93.9 Å². The van der Waals surface area contributed by atoms with Crippen LogP contribution in [0, 0.1) is 39.4 Å². The van der Waals surface area contributed by atoms with Gasteiger partial charge in [0, 0.05) is 22.7 Å². The van der Waals surface area contributed by atoms with Crippen LogP contribution in [0.25, 0.3) is 0 Å². The lowest BCUT2D eigenvalue weighted by molar-refractivity contribution is -0.191. The van der Waals surface area contributed by atoms with Gasteiger partial charge in [0.25, 0.3) is 0 Å². The molecule has 0 amide bonds. The zero-order valence-corrected chi connectivity index (χ0v) is 22.9. The van der Waals surface area contributed by atoms with Crippen molar-refractivity contribution >= 4 is 11.6 Å². The van der Waals surface area contributed by atoms with Gasteiger partial charge in [-0.05, 0) is 89.9 Å². The molecular weight excluding hydrogens is 440 g/mol. The first-order valence-corrected chi connectivity index (χ1v) is 13.5. The molecular formula is C30H46O5. The number of rotatable bonds is 4. The molecule has 4 aliphatic rings. The molecule has 3 saturated carbocycles. The highest BCUT2D eigenvalue weighted by molar-refractivity contribution is 5.94. The molecule has 9 atom stereocenters. The van der Waals surface area contributed by atoms with Crippen molar-refractivity contribution in [1.82, 2.24) is 0 Å². The average molecular weight is 487 g/mol. The predicted molar refractivity (Wildman–Crippen MR) is 136 cm³/mol. The van der Waals surface area contributed by atoms with Gasteiger partial charge in [0.05, 0.1) is 11.7 Å². The Hall–Kier alpha value is -1.30. The third-order valence-electron chi connectivity index (χ3n) is 11.5. The quantitative estimate of drug-likeness (QED) is 0.497. The summed E-state index contributed by atoms with van der Waals surface area (Å²) in [7, 11) is 0. The summed E-state index contributed by atoms with van der Waals surface area (Å²) in [5.41, 5.74) is -1.49. The van der Waals surface area contributed by atoms with Crippen molar-refractivity contribution in [2.45, 2.75) is 112 Å². The molecule has 0 aromatic carbocycles. The molecule has 1 unspecified atom stereocenters.